The zero-order valence-electron chi connectivity index (χ0n) is 15.7. The molecule has 2 aliphatic heterocycles. The van der Waals surface area contributed by atoms with E-state index < -0.39 is 23.4 Å². The molecule has 1 aromatic carbocycles. The van der Waals surface area contributed by atoms with Gasteiger partial charge in [0, 0.05) is 32.3 Å². The van der Waals surface area contributed by atoms with Gasteiger partial charge in [-0.15, -0.1) is 0 Å². The number of carbonyl (C=O) groups is 2. The summed E-state index contributed by atoms with van der Waals surface area (Å²) in [5, 5.41) is 14.1. The number of amides is 1. The van der Waals surface area contributed by atoms with Crippen LogP contribution in [0.5, 0.6) is 0 Å². The van der Waals surface area contributed by atoms with Crippen LogP contribution in [-0.2, 0) is 14.3 Å². The highest BCUT2D eigenvalue weighted by Crippen LogP contribution is 2.31. The van der Waals surface area contributed by atoms with Crippen LogP contribution in [0.2, 0.25) is 0 Å². The number of nitrogens with zero attached hydrogens (tertiary/aromatic N) is 2. The molecule has 9 nitrogen and oxygen atoms in total. The molecule has 152 valence electrons. The maximum atomic E-state index is 12.2. The zero-order chi connectivity index (χ0) is 19.9. The monoisotopic (exact) mass is 391 g/mol. The minimum absolute atomic E-state index is 0.00429. The number of nitro groups is 1. The number of hydrogen-bond donors (Lipinski definition) is 1. The van der Waals surface area contributed by atoms with Gasteiger partial charge in [0.2, 0.25) is 0 Å². The molecule has 1 amide bonds. The molecule has 0 bridgehead atoms. The summed E-state index contributed by atoms with van der Waals surface area (Å²) in [7, 11) is 0. The third-order valence-corrected chi connectivity index (χ3v) is 4.99. The lowest BCUT2D eigenvalue weighted by molar-refractivity contribution is -0.384. The van der Waals surface area contributed by atoms with Crippen LogP contribution < -0.4 is 10.2 Å². The Morgan fingerprint density at radius 2 is 2.04 bits per heavy atom. The van der Waals surface area contributed by atoms with Crippen molar-refractivity contribution >= 4 is 23.3 Å². The Morgan fingerprint density at radius 1 is 1.25 bits per heavy atom. The van der Waals surface area contributed by atoms with E-state index in [9.17, 15) is 19.7 Å². The topological polar surface area (TPSA) is 111 Å². The molecule has 9 heteroatoms. The summed E-state index contributed by atoms with van der Waals surface area (Å²) in [4.78, 5) is 37.0. The van der Waals surface area contributed by atoms with Gasteiger partial charge >= 0.3 is 5.97 Å². The summed E-state index contributed by atoms with van der Waals surface area (Å²) in [6.45, 7) is 2.16. The highest BCUT2D eigenvalue weighted by molar-refractivity contribution is 5.93. The van der Waals surface area contributed by atoms with Crippen molar-refractivity contribution < 1.29 is 24.0 Å². The normalized spacial score (nSPS) is 19.3. The van der Waals surface area contributed by atoms with Gasteiger partial charge in [0.15, 0.2) is 6.61 Å². The lowest BCUT2D eigenvalue weighted by atomic mass is 10.1. The molecule has 1 N–H and O–H groups in total. The number of benzene rings is 1. The standard InChI is InChI=1S/C19H25N3O6/c23-18(20-12-15-5-4-10-27-15)13-28-19(24)14-6-7-16(17(11-14)22(25)26)21-8-2-1-3-9-21/h6-7,11,15H,1-5,8-10,12-13H2,(H,20,23). The average Bonchev–Trinajstić information content (AvgIpc) is 3.24. The van der Waals surface area contributed by atoms with E-state index in [0.717, 1.165) is 45.2 Å². The SMILES string of the molecule is O=C(COC(=O)c1ccc(N2CCCCC2)c([N+](=O)[O-])c1)NCC1CCCO1. The van der Waals surface area contributed by atoms with Crippen LogP contribution in [0.15, 0.2) is 18.2 Å². The number of nitro benzene ring substituents is 1. The molecule has 2 heterocycles. The van der Waals surface area contributed by atoms with Crippen LogP contribution in [0.25, 0.3) is 0 Å². The van der Waals surface area contributed by atoms with Crippen molar-refractivity contribution in [2.45, 2.75) is 38.2 Å². The molecular weight excluding hydrogens is 366 g/mol. The summed E-state index contributed by atoms with van der Waals surface area (Å²) in [5.41, 5.74) is 0.439. The van der Waals surface area contributed by atoms with Crippen molar-refractivity contribution in [3.05, 3.63) is 33.9 Å². The van der Waals surface area contributed by atoms with Crippen molar-refractivity contribution in [3.8, 4) is 0 Å². The van der Waals surface area contributed by atoms with E-state index >= 15 is 0 Å². The zero-order valence-corrected chi connectivity index (χ0v) is 15.7. The van der Waals surface area contributed by atoms with Crippen molar-refractivity contribution in [1.82, 2.24) is 5.32 Å². The first-order valence-corrected chi connectivity index (χ1v) is 9.63. The Hall–Kier alpha value is -2.68. The number of esters is 1. The molecule has 28 heavy (non-hydrogen) atoms. The molecule has 2 saturated heterocycles. The molecule has 0 saturated carbocycles. The van der Waals surface area contributed by atoms with Crippen molar-refractivity contribution in [1.29, 1.82) is 0 Å². The number of piperidine rings is 1. The highest BCUT2D eigenvalue weighted by Gasteiger charge is 2.24. The Bertz CT molecular complexity index is 726. The summed E-state index contributed by atoms with van der Waals surface area (Å²) in [6.07, 6.45) is 4.96. The van der Waals surface area contributed by atoms with E-state index in [-0.39, 0.29) is 17.4 Å². The number of ether oxygens (including phenoxy) is 2. The lowest BCUT2D eigenvalue weighted by Gasteiger charge is -2.28. The first-order chi connectivity index (χ1) is 13.5. The van der Waals surface area contributed by atoms with Gasteiger partial charge in [-0.25, -0.2) is 4.79 Å². The predicted molar refractivity (Wildman–Crippen MR) is 101 cm³/mol. The van der Waals surface area contributed by atoms with Crippen LogP contribution in [0, 0.1) is 10.1 Å². The molecular formula is C19H25N3O6. The second-order valence-electron chi connectivity index (χ2n) is 7.02. The van der Waals surface area contributed by atoms with Gasteiger partial charge in [0.05, 0.1) is 16.6 Å². The van der Waals surface area contributed by atoms with Gasteiger partial charge < -0.3 is 19.7 Å². The second kappa shape index (κ2) is 9.50. The van der Waals surface area contributed by atoms with Gasteiger partial charge in [-0.1, -0.05) is 0 Å². The van der Waals surface area contributed by atoms with Gasteiger partial charge in [0.1, 0.15) is 5.69 Å². The predicted octanol–water partition coefficient (Wildman–Crippen LogP) is 2.04. The smallest absolute Gasteiger partial charge is 0.338 e. The summed E-state index contributed by atoms with van der Waals surface area (Å²) < 4.78 is 10.4. The molecule has 0 aromatic heterocycles. The average molecular weight is 391 g/mol. The molecule has 1 atom stereocenters. The van der Waals surface area contributed by atoms with Crippen molar-refractivity contribution in [3.63, 3.8) is 0 Å². The largest absolute Gasteiger partial charge is 0.452 e. The minimum Gasteiger partial charge on any atom is -0.452 e. The van der Waals surface area contributed by atoms with Crippen LogP contribution >= 0.6 is 0 Å². The van der Waals surface area contributed by atoms with Crippen LogP contribution in [0.4, 0.5) is 11.4 Å². The van der Waals surface area contributed by atoms with E-state index in [2.05, 4.69) is 5.32 Å². The molecule has 3 rings (SSSR count). The molecule has 1 unspecified atom stereocenters. The van der Waals surface area contributed by atoms with Crippen molar-refractivity contribution in [2.75, 3.05) is 37.7 Å². The lowest BCUT2D eigenvalue weighted by Crippen LogP contribution is -2.34. The number of anilines is 1. The van der Waals surface area contributed by atoms with Crippen LogP contribution in [0.3, 0.4) is 0 Å². The Balaban J connectivity index is 1.57. The van der Waals surface area contributed by atoms with Gasteiger partial charge in [0.25, 0.3) is 11.6 Å². The van der Waals surface area contributed by atoms with E-state index in [4.69, 9.17) is 9.47 Å². The first-order valence-electron chi connectivity index (χ1n) is 9.63. The van der Waals surface area contributed by atoms with Crippen LogP contribution in [0.1, 0.15) is 42.5 Å². The van der Waals surface area contributed by atoms with Crippen molar-refractivity contribution in [2.24, 2.45) is 0 Å². The van der Waals surface area contributed by atoms with E-state index in [1.807, 2.05) is 4.90 Å². The molecule has 2 fully saturated rings. The van der Waals surface area contributed by atoms with E-state index in [1.165, 1.54) is 12.1 Å². The maximum Gasteiger partial charge on any atom is 0.338 e. The molecule has 1 aromatic rings. The molecule has 0 aliphatic carbocycles. The van der Waals surface area contributed by atoms with Gasteiger partial charge in [-0.2, -0.15) is 0 Å². The summed E-state index contributed by atoms with van der Waals surface area (Å²) in [5.74, 6) is -1.19. The Labute approximate surface area is 163 Å². The number of nitrogens with one attached hydrogen (secondary N) is 1. The molecule has 2 aliphatic rings. The third-order valence-electron chi connectivity index (χ3n) is 4.99. The Morgan fingerprint density at radius 3 is 2.71 bits per heavy atom. The molecule has 0 spiro atoms. The maximum absolute atomic E-state index is 12.2. The quantitative estimate of drug-likeness (QED) is 0.430. The van der Waals surface area contributed by atoms with Gasteiger partial charge in [-0.05, 0) is 44.2 Å². The van der Waals surface area contributed by atoms with Gasteiger partial charge in [-0.3, -0.25) is 14.9 Å². The fourth-order valence-corrected chi connectivity index (χ4v) is 3.50. The fraction of sp³-hybridized carbons (Fsp3) is 0.579. The summed E-state index contributed by atoms with van der Waals surface area (Å²) >= 11 is 0. The third kappa shape index (κ3) is 5.19. The van der Waals surface area contributed by atoms with E-state index in [1.54, 1.807) is 6.07 Å². The first kappa shape index (κ1) is 20.1. The molecule has 0 radical (unpaired) electrons. The second-order valence-corrected chi connectivity index (χ2v) is 7.02. The Kier molecular flexibility index (Phi) is 6.80. The fourth-order valence-electron chi connectivity index (χ4n) is 3.50. The number of hydrogen-bond acceptors (Lipinski definition) is 7. The summed E-state index contributed by atoms with van der Waals surface area (Å²) in [6, 6.07) is 4.30. The van der Waals surface area contributed by atoms with Crippen LogP contribution in [-0.4, -0.2) is 55.8 Å². The highest BCUT2D eigenvalue weighted by atomic mass is 16.6. The number of rotatable bonds is 7. The van der Waals surface area contributed by atoms with E-state index in [0.29, 0.717) is 18.8 Å². The number of carbonyl (C=O) groups excluding carboxylic acids is 2. The minimum atomic E-state index is -0.763.